The van der Waals surface area contributed by atoms with Gasteiger partial charge in [0.15, 0.2) is 0 Å². The average molecular weight is 473 g/mol. The number of carbonyl (C=O) groups excluding carboxylic acids is 1. The summed E-state index contributed by atoms with van der Waals surface area (Å²) in [5.41, 5.74) is 2.14. The van der Waals surface area contributed by atoms with E-state index in [0.717, 1.165) is 30.6 Å². The van der Waals surface area contributed by atoms with Crippen molar-refractivity contribution in [1.29, 1.82) is 0 Å². The predicted octanol–water partition coefficient (Wildman–Crippen LogP) is 0.943. The second-order valence-electron chi connectivity index (χ2n) is 9.96. The maximum absolute atomic E-state index is 13.3. The quantitative estimate of drug-likeness (QED) is 0.565. The van der Waals surface area contributed by atoms with Crippen molar-refractivity contribution < 1.29 is 26.4 Å². The van der Waals surface area contributed by atoms with Gasteiger partial charge in [0.1, 0.15) is 9.84 Å². The number of carbonyl (C=O) groups is 1. The van der Waals surface area contributed by atoms with Crippen LogP contribution in [0.3, 0.4) is 0 Å². The van der Waals surface area contributed by atoms with Crippen molar-refractivity contribution in [3.05, 3.63) is 11.1 Å². The summed E-state index contributed by atoms with van der Waals surface area (Å²) in [5, 5.41) is -0.309. The van der Waals surface area contributed by atoms with E-state index in [0.29, 0.717) is 64.2 Å². The Balaban J connectivity index is 1.13. The largest absolute Gasteiger partial charge is 0.378 e. The van der Waals surface area contributed by atoms with Gasteiger partial charge in [0, 0.05) is 39.2 Å². The first kappa shape index (κ1) is 21.9. The third-order valence-electron chi connectivity index (χ3n) is 7.95. The highest BCUT2D eigenvalue weighted by molar-refractivity contribution is 7.91. The molecule has 0 aromatic carbocycles. The van der Waals surface area contributed by atoms with Crippen LogP contribution in [0.25, 0.3) is 0 Å². The van der Waals surface area contributed by atoms with Crippen LogP contribution in [0.5, 0.6) is 0 Å². The lowest BCUT2D eigenvalue weighted by Gasteiger charge is -2.33. The minimum atomic E-state index is -3.34. The van der Waals surface area contributed by atoms with Gasteiger partial charge in [-0.15, -0.1) is 0 Å². The monoisotopic (exact) mass is 472 g/mol. The molecule has 1 saturated carbocycles. The number of rotatable bonds is 4. The Bertz CT molecular complexity index is 957. The fourth-order valence-corrected chi connectivity index (χ4v) is 9.60. The van der Waals surface area contributed by atoms with Crippen molar-refractivity contribution in [2.45, 2.75) is 56.3 Å². The maximum Gasteiger partial charge on any atom is 0.223 e. The number of ether oxygens (including phenoxy) is 1. The number of hydrogen-bond acceptors (Lipinski definition) is 6. The van der Waals surface area contributed by atoms with Crippen molar-refractivity contribution >= 4 is 25.8 Å². The number of sulfonamides is 1. The number of hydrogen-bond donors (Lipinski definition) is 0. The number of fused-ring (bicyclic) bond motifs is 1. The summed E-state index contributed by atoms with van der Waals surface area (Å²) < 4.78 is 57.1. The molecule has 0 aromatic heterocycles. The molecule has 1 amide bonds. The first-order chi connectivity index (χ1) is 14.7. The Hall–Kier alpha value is -0.970. The second-order valence-corrected chi connectivity index (χ2v) is 14.5. The van der Waals surface area contributed by atoms with Crippen LogP contribution < -0.4 is 0 Å². The van der Waals surface area contributed by atoms with Gasteiger partial charge in [0.05, 0.1) is 22.9 Å². The van der Waals surface area contributed by atoms with Gasteiger partial charge in [-0.3, -0.25) is 4.79 Å². The normalized spacial score (nSPS) is 34.2. The number of amides is 1. The van der Waals surface area contributed by atoms with E-state index in [1.165, 1.54) is 0 Å². The minimum absolute atomic E-state index is 0.0626. The molecule has 3 fully saturated rings. The Labute approximate surface area is 185 Å². The van der Waals surface area contributed by atoms with Crippen LogP contribution in [0.1, 0.15) is 44.9 Å². The van der Waals surface area contributed by atoms with Gasteiger partial charge in [-0.25, -0.2) is 16.8 Å². The van der Waals surface area contributed by atoms with E-state index >= 15 is 0 Å². The van der Waals surface area contributed by atoms with Crippen LogP contribution in [0.4, 0.5) is 0 Å². The van der Waals surface area contributed by atoms with E-state index in [1.807, 2.05) is 4.90 Å². The molecule has 1 aliphatic carbocycles. The molecular weight excluding hydrogens is 440 g/mol. The summed E-state index contributed by atoms with van der Waals surface area (Å²) in [4.78, 5) is 14.6. The molecule has 5 rings (SSSR count). The lowest BCUT2D eigenvalue weighted by Crippen LogP contribution is -2.44. The van der Waals surface area contributed by atoms with Crippen LogP contribution in [-0.2, 0) is 29.4 Å². The maximum atomic E-state index is 13.3. The van der Waals surface area contributed by atoms with Crippen LogP contribution in [0, 0.1) is 11.8 Å². The summed E-state index contributed by atoms with van der Waals surface area (Å²) in [7, 11) is -6.26. The van der Waals surface area contributed by atoms with Gasteiger partial charge in [0.2, 0.25) is 15.9 Å². The third-order valence-corrected chi connectivity index (χ3v) is 11.9. The van der Waals surface area contributed by atoms with E-state index < -0.39 is 19.9 Å². The molecule has 8 nitrogen and oxygen atoms in total. The van der Waals surface area contributed by atoms with Crippen molar-refractivity contribution in [3.8, 4) is 0 Å². The Morgan fingerprint density at radius 2 is 1.65 bits per heavy atom. The lowest BCUT2D eigenvalue weighted by molar-refractivity contribution is -0.131. The highest BCUT2D eigenvalue weighted by Crippen LogP contribution is 2.39. The molecule has 31 heavy (non-hydrogen) atoms. The average Bonchev–Trinajstić information content (AvgIpc) is 3.43. The van der Waals surface area contributed by atoms with Gasteiger partial charge >= 0.3 is 0 Å². The number of sulfone groups is 1. The molecule has 5 aliphatic rings. The van der Waals surface area contributed by atoms with E-state index in [9.17, 15) is 21.6 Å². The van der Waals surface area contributed by atoms with Crippen LogP contribution >= 0.6 is 0 Å². The lowest BCUT2D eigenvalue weighted by atomic mass is 9.86. The summed E-state index contributed by atoms with van der Waals surface area (Å²) in [6.07, 6.45) is 4.95. The zero-order valence-corrected chi connectivity index (χ0v) is 19.5. The van der Waals surface area contributed by atoms with E-state index in [4.69, 9.17) is 4.74 Å². The summed E-state index contributed by atoms with van der Waals surface area (Å²) in [6.45, 7) is 2.58. The highest BCUT2D eigenvalue weighted by Gasteiger charge is 2.45. The Kier molecular flexibility index (Phi) is 5.72. The van der Waals surface area contributed by atoms with Crippen LogP contribution in [0.2, 0.25) is 0 Å². The molecule has 3 atom stereocenters. The topological polar surface area (TPSA) is 101 Å². The van der Waals surface area contributed by atoms with E-state index in [-0.39, 0.29) is 34.7 Å². The van der Waals surface area contributed by atoms with Gasteiger partial charge in [-0.1, -0.05) is 0 Å². The second kappa shape index (κ2) is 8.11. The van der Waals surface area contributed by atoms with Gasteiger partial charge in [0.25, 0.3) is 0 Å². The number of nitrogens with zero attached hydrogens (tertiary/aromatic N) is 2. The molecule has 4 heterocycles. The third kappa shape index (κ3) is 4.32. The van der Waals surface area contributed by atoms with E-state index in [2.05, 4.69) is 0 Å². The molecule has 4 aliphatic heterocycles. The summed E-state index contributed by atoms with van der Waals surface area (Å²) >= 11 is 0. The molecule has 3 unspecified atom stereocenters. The van der Waals surface area contributed by atoms with Crippen molar-refractivity contribution in [3.63, 3.8) is 0 Å². The first-order valence-corrected chi connectivity index (χ1v) is 14.8. The Morgan fingerprint density at radius 1 is 0.968 bits per heavy atom. The molecule has 0 radical (unpaired) electrons. The minimum Gasteiger partial charge on any atom is -0.378 e. The zero-order valence-electron chi connectivity index (χ0n) is 17.9. The molecule has 0 bridgehead atoms. The fraction of sp³-hybridized carbons (Fsp3) is 0.857. The molecule has 2 saturated heterocycles. The zero-order chi connectivity index (χ0) is 21.8. The molecule has 10 heteroatoms. The SMILES string of the molecule is O=C(CC1CCS(=O)(=O)CC1)N1CC2=C(C1)CN(S(=O)(=O)C1CCC3OCCC3C1)C2. The van der Waals surface area contributed by atoms with Gasteiger partial charge < -0.3 is 9.64 Å². The van der Waals surface area contributed by atoms with Crippen molar-refractivity contribution in [1.82, 2.24) is 9.21 Å². The smallest absolute Gasteiger partial charge is 0.223 e. The molecule has 174 valence electrons. The molecule has 0 spiro atoms. The summed E-state index contributed by atoms with van der Waals surface area (Å²) in [5.74, 6) is 0.938. The van der Waals surface area contributed by atoms with Crippen LogP contribution in [-0.4, -0.2) is 87.6 Å². The Morgan fingerprint density at radius 3 is 2.32 bits per heavy atom. The van der Waals surface area contributed by atoms with Crippen LogP contribution in [0.15, 0.2) is 11.1 Å². The van der Waals surface area contributed by atoms with Gasteiger partial charge in [-0.05, 0) is 61.5 Å². The molecule has 0 aromatic rings. The van der Waals surface area contributed by atoms with Crippen molar-refractivity contribution in [2.24, 2.45) is 11.8 Å². The van der Waals surface area contributed by atoms with Gasteiger partial charge in [-0.2, -0.15) is 4.31 Å². The van der Waals surface area contributed by atoms with Crippen molar-refractivity contribution in [2.75, 3.05) is 44.3 Å². The highest BCUT2D eigenvalue weighted by atomic mass is 32.2. The first-order valence-electron chi connectivity index (χ1n) is 11.5. The molecule has 0 N–H and O–H groups in total. The summed E-state index contributed by atoms with van der Waals surface area (Å²) in [6, 6.07) is 0. The molecular formula is C21H32N2O6S2. The standard InChI is InChI=1S/C21H32N2O6S2/c24-21(9-15-4-7-30(25,26)8-5-15)22-11-17-13-23(14-18(17)12-22)31(27,28)19-1-2-20-16(10-19)3-6-29-20/h15-16,19-20H,1-14H2. The fourth-order valence-electron chi connectivity index (χ4n) is 5.99. The predicted molar refractivity (Wildman–Crippen MR) is 116 cm³/mol. The van der Waals surface area contributed by atoms with E-state index in [1.54, 1.807) is 4.31 Å².